The number of thioether (sulfide) groups is 1. The Bertz CT molecular complexity index is 727. The van der Waals surface area contributed by atoms with E-state index in [2.05, 4.69) is 32.3 Å². The molecule has 2 aromatic heterocycles. The lowest BCUT2D eigenvalue weighted by atomic mass is 10.4. The summed E-state index contributed by atoms with van der Waals surface area (Å²) in [4.78, 5) is 31.4. The number of imide groups is 1. The fourth-order valence-electron chi connectivity index (χ4n) is 1.71. The Balaban J connectivity index is 1.94. The van der Waals surface area contributed by atoms with Gasteiger partial charge in [-0.05, 0) is 19.9 Å². The summed E-state index contributed by atoms with van der Waals surface area (Å²) in [6.07, 6.45) is 1.52. The SMILES string of the molecule is C=CCNC(=O)NC(=O)CSc1nc2nc(C)cc(C)n2n1. The molecule has 0 saturated carbocycles. The molecule has 0 unspecified atom stereocenters. The summed E-state index contributed by atoms with van der Waals surface area (Å²) < 4.78 is 1.62. The van der Waals surface area contributed by atoms with E-state index in [1.807, 2.05) is 19.9 Å². The molecule has 2 aromatic rings. The van der Waals surface area contributed by atoms with Crippen LogP contribution in [-0.4, -0.2) is 43.8 Å². The maximum absolute atomic E-state index is 11.6. The molecule has 0 aliphatic carbocycles. The van der Waals surface area contributed by atoms with Crippen molar-refractivity contribution in [2.75, 3.05) is 12.3 Å². The fourth-order valence-corrected chi connectivity index (χ4v) is 2.33. The first-order valence-corrected chi connectivity index (χ1v) is 7.50. The zero-order chi connectivity index (χ0) is 16.1. The average molecular weight is 320 g/mol. The molecule has 22 heavy (non-hydrogen) atoms. The molecule has 0 radical (unpaired) electrons. The van der Waals surface area contributed by atoms with Crippen molar-refractivity contribution >= 4 is 29.5 Å². The van der Waals surface area contributed by atoms with Crippen LogP contribution in [0.5, 0.6) is 0 Å². The maximum Gasteiger partial charge on any atom is 0.321 e. The second-order valence-corrected chi connectivity index (χ2v) is 5.42. The fraction of sp³-hybridized carbons (Fsp3) is 0.308. The van der Waals surface area contributed by atoms with Gasteiger partial charge in [-0.2, -0.15) is 4.98 Å². The Morgan fingerprint density at radius 1 is 1.41 bits per heavy atom. The number of amides is 3. The van der Waals surface area contributed by atoms with E-state index >= 15 is 0 Å². The Kier molecular flexibility index (Phi) is 5.10. The smallest absolute Gasteiger partial charge is 0.321 e. The molecule has 3 amide bonds. The summed E-state index contributed by atoms with van der Waals surface area (Å²) in [6, 6.07) is 1.34. The zero-order valence-corrected chi connectivity index (χ0v) is 13.1. The highest BCUT2D eigenvalue weighted by atomic mass is 32.2. The zero-order valence-electron chi connectivity index (χ0n) is 12.3. The van der Waals surface area contributed by atoms with Gasteiger partial charge in [0.25, 0.3) is 5.78 Å². The van der Waals surface area contributed by atoms with Crippen LogP contribution in [0.2, 0.25) is 0 Å². The van der Waals surface area contributed by atoms with Crippen molar-refractivity contribution in [1.29, 1.82) is 0 Å². The lowest BCUT2D eigenvalue weighted by molar-refractivity contribution is -0.117. The molecular formula is C13H16N6O2S. The van der Waals surface area contributed by atoms with Crippen LogP contribution in [0.1, 0.15) is 11.4 Å². The van der Waals surface area contributed by atoms with Crippen LogP contribution in [0.15, 0.2) is 23.9 Å². The summed E-state index contributed by atoms with van der Waals surface area (Å²) in [5.41, 5.74) is 1.76. The molecule has 0 aliphatic rings. The van der Waals surface area contributed by atoms with Gasteiger partial charge in [-0.1, -0.05) is 17.8 Å². The second kappa shape index (κ2) is 7.03. The van der Waals surface area contributed by atoms with Crippen LogP contribution < -0.4 is 10.6 Å². The van der Waals surface area contributed by atoms with Gasteiger partial charge in [0.05, 0.1) is 5.75 Å². The van der Waals surface area contributed by atoms with Gasteiger partial charge in [0.1, 0.15) is 0 Å². The first-order valence-electron chi connectivity index (χ1n) is 6.52. The number of carbonyl (C=O) groups excluding carboxylic acids is 2. The molecule has 0 fully saturated rings. The van der Waals surface area contributed by atoms with E-state index in [4.69, 9.17) is 0 Å². The van der Waals surface area contributed by atoms with Crippen molar-refractivity contribution in [3.63, 3.8) is 0 Å². The van der Waals surface area contributed by atoms with Crippen molar-refractivity contribution < 1.29 is 9.59 Å². The van der Waals surface area contributed by atoms with Crippen LogP contribution in [-0.2, 0) is 4.79 Å². The number of aryl methyl sites for hydroxylation is 2. The van der Waals surface area contributed by atoms with Gasteiger partial charge in [-0.3, -0.25) is 10.1 Å². The Labute approximate surface area is 131 Å². The first-order chi connectivity index (χ1) is 10.5. The van der Waals surface area contributed by atoms with Crippen LogP contribution in [0, 0.1) is 13.8 Å². The predicted molar refractivity (Wildman–Crippen MR) is 82.7 cm³/mol. The topological polar surface area (TPSA) is 101 Å². The number of nitrogens with zero attached hydrogens (tertiary/aromatic N) is 4. The van der Waals surface area contributed by atoms with Gasteiger partial charge in [0, 0.05) is 17.9 Å². The molecule has 116 valence electrons. The van der Waals surface area contributed by atoms with Crippen molar-refractivity contribution in [2.24, 2.45) is 0 Å². The molecule has 9 heteroatoms. The molecule has 0 aromatic carbocycles. The highest BCUT2D eigenvalue weighted by molar-refractivity contribution is 7.99. The van der Waals surface area contributed by atoms with Gasteiger partial charge < -0.3 is 5.32 Å². The largest absolute Gasteiger partial charge is 0.334 e. The normalized spacial score (nSPS) is 10.5. The van der Waals surface area contributed by atoms with E-state index in [1.165, 1.54) is 6.08 Å². The quantitative estimate of drug-likeness (QED) is 0.625. The minimum Gasteiger partial charge on any atom is -0.334 e. The molecule has 2 N–H and O–H groups in total. The molecule has 2 rings (SSSR count). The highest BCUT2D eigenvalue weighted by Crippen LogP contribution is 2.14. The van der Waals surface area contributed by atoms with Crippen molar-refractivity contribution in [3.05, 3.63) is 30.1 Å². The Hall–Kier alpha value is -2.42. The standard InChI is InChI=1S/C13H16N6O2S/c1-4-5-14-12(21)16-10(20)7-22-13-17-11-15-8(2)6-9(3)19(11)18-13/h4,6H,1,5,7H2,2-3H3,(H2,14,16,20,21). The minimum atomic E-state index is -0.554. The Morgan fingerprint density at radius 3 is 2.91 bits per heavy atom. The van der Waals surface area contributed by atoms with Crippen LogP contribution in [0.25, 0.3) is 5.78 Å². The number of fused-ring (bicyclic) bond motifs is 1. The predicted octanol–water partition coefficient (Wildman–Crippen LogP) is 0.845. The van der Waals surface area contributed by atoms with Gasteiger partial charge in [-0.15, -0.1) is 11.7 Å². The number of nitrogens with one attached hydrogen (secondary N) is 2. The molecule has 0 bridgehead atoms. The van der Waals surface area contributed by atoms with E-state index in [-0.39, 0.29) is 5.75 Å². The molecular weight excluding hydrogens is 304 g/mol. The van der Waals surface area contributed by atoms with Crippen LogP contribution in [0.3, 0.4) is 0 Å². The van der Waals surface area contributed by atoms with Gasteiger partial charge in [0.15, 0.2) is 0 Å². The number of urea groups is 1. The highest BCUT2D eigenvalue weighted by Gasteiger charge is 2.12. The molecule has 0 spiro atoms. The summed E-state index contributed by atoms with van der Waals surface area (Å²) in [5.74, 6) is 0.103. The number of aromatic nitrogens is 4. The molecule has 0 saturated heterocycles. The van der Waals surface area contributed by atoms with E-state index < -0.39 is 11.9 Å². The number of carbonyl (C=O) groups is 2. The maximum atomic E-state index is 11.6. The van der Waals surface area contributed by atoms with E-state index in [1.54, 1.807) is 4.52 Å². The molecule has 0 aliphatic heterocycles. The second-order valence-electron chi connectivity index (χ2n) is 4.48. The van der Waals surface area contributed by atoms with Crippen LogP contribution >= 0.6 is 11.8 Å². The third-order valence-corrected chi connectivity index (χ3v) is 3.43. The Morgan fingerprint density at radius 2 is 2.18 bits per heavy atom. The minimum absolute atomic E-state index is 0.0381. The van der Waals surface area contributed by atoms with Gasteiger partial charge in [0.2, 0.25) is 11.1 Å². The number of hydrogen-bond acceptors (Lipinski definition) is 6. The third kappa shape index (κ3) is 4.04. The first kappa shape index (κ1) is 16.0. The van der Waals surface area contributed by atoms with Crippen molar-refractivity contribution in [3.8, 4) is 0 Å². The lowest BCUT2D eigenvalue weighted by Gasteiger charge is -2.03. The number of hydrogen-bond donors (Lipinski definition) is 2. The van der Waals surface area contributed by atoms with Gasteiger partial charge in [-0.25, -0.2) is 14.3 Å². The van der Waals surface area contributed by atoms with Crippen LogP contribution in [0.4, 0.5) is 4.79 Å². The monoisotopic (exact) mass is 320 g/mol. The molecule has 0 atom stereocenters. The summed E-state index contributed by atoms with van der Waals surface area (Å²) >= 11 is 1.14. The lowest BCUT2D eigenvalue weighted by Crippen LogP contribution is -2.40. The van der Waals surface area contributed by atoms with E-state index in [9.17, 15) is 9.59 Å². The number of rotatable bonds is 5. The van der Waals surface area contributed by atoms with Crippen molar-refractivity contribution in [2.45, 2.75) is 19.0 Å². The third-order valence-electron chi connectivity index (χ3n) is 2.59. The van der Waals surface area contributed by atoms with Gasteiger partial charge >= 0.3 is 6.03 Å². The summed E-state index contributed by atoms with van der Waals surface area (Å²) in [6.45, 7) is 7.54. The van der Waals surface area contributed by atoms with E-state index in [0.717, 1.165) is 23.1 Å². The summed E-state index contributed by atoms with van der Waals surface area (Å²) in [7, 11) is 0. The average Bonchev–Trinajstić information content (AvgIpc) is 2.86. The summed E-state index contributed by atoms with van der Waals surface area (Å²) in [5, 5.41) is 9.36. The van der Waals surface area contributed by atoms with Crippen molar-refractivity contribution in [1.82, 2.24) is 30.2 Å². The molecule has 2 heterocycles. The van der Waals surface area contributed by atoms with E-state index in [0.29, 0.717) is 17.5 Å². The molecule has 8 nitrogen and oxygen atoms in total.